The van der Waals surface area contributed by atoms with Gasteiger partial charge in [-0.25, -0.2) is 4.79 Å². The van der Waals surface area contributed by atoms with Crippen LogP contribution in [0.3, 0.4) is 0 Å². The number of aromatic carboxylic acids is 1. The number of aromatic nitrogens is 1. The molecule has 0 aliphatic heterocycles. The number of carboxylic acid groups (broad SMARTS) is 1. The summed E-state index contributed by atoms with van der Waals surface area (Å²) in [6.07, 6.45) is 0. The van der Waals surface area contributed by atoms with Crippen LogP contribution in [-0.2, 0) is 0 Å². The normalized spacial score (nSPS) is 9.45. The van der Waals surface area contributed by atoms with Crippen molar-refractivity contribution in [2.45, 2.75) is 0 Å². The van der Waals surface area contributed by atoms with Gasteiger partial charge < -0.3 is 15.9 Å². The van der Waals surface area contributed by atoms with E-state index >= 15 is 0 Å². The Kier molecular flexibility index (Phi) is 1.63. The summed E-state index contributed by atoms with van der Waals surface area (Å²) in [5.41, 5.74) is 5.09. The van der Waals surface area contributed by atoms with Crippen molar-refractivity contribution < 1.29 is 15.0 Å². The number of rotatable bonds is 1. The molecule has 0 unspecified atom stereocenters. The number of pyridine rings is 1. The summed E-state index contributed by atoms with van der Waals surface area (Å²) in [7, 11) is 0. The number of carbonyl (C=O) groups is 1. The molecule has 5 heteroatoms. The molecule has 0 aliphatic rings. The third kappa shape index (κ3) is 1.57. The Morgan fingerprint density at radius 3 is 2.64 bits per heavy atom. The fourth-order valence-electron chi connectivity index (χ4n) is 0.660. The van der Waals surface area contributed by atoms with Gasteiger partial charge in [0, 0.05) is 6.07 Å². The molecule has 1 rings (SSSR count). The van der Waals surface area contributed by atoms with Gasteiger partial charge in [0.15, 0.2) is 0 Å². The van der Waals surface area contributed by atoms with E-state index in [0.29, 0.717) is 0 Å². The van der Waals surface area contributed by atoms with E-state index in [2.05, 4.69) is 4.98 Å². The van der Waals surface area contributed by atoms with Crippen LogP contribution in [-0.4, -0.2) is 21.2 Å². The van der Waals surface area contributed by atoms with Gasteiger partial charge in [-0.1, -0.05) is 0 Å². The molecule has 0 aromatic carbocycles. The van der Waals surface area contributed by atoms with E-state index < -0.39 is 5.97 Å². The lowest BCUT2D eigenvalue weighted by Gasteiger charge is -1.96. The van der Waals surface area contributed by atoms with Gasteiger partial charge in [-0.15, -0.1) is 0 Å². The number of nitrogens with two attached hydrogens (primary N) is 1. The Hall–Kier alpha value is -1.78. The largest absolute Gasteiger partial charge is 0.493 e. The maximum absolute atomic E-state index is 10.3. The average Bonchev–Trinajstić information content (AvgIpc) is 1.85. The van der Waals surface area contributed by atoms with Gasteiger partial charge in [0.05, 0.1) is 5.56 Å². The monoisotopic (exact) mass is 154 g/mol. The molecule has 1 aromatic heterocycles. The highest BCUT2D eigenvalue weighted by atomic mass is 16.4. The SMILES string of the molecule is Nc1cc(C(=O)O)cc(O)n1. The summed E-state index contributed by atoms with van der Waals surface area (Å²) >= 11 is 0. The highest BCUT2D eigenvalue weighted by molar-refractivity contribution is 5.88. The minimum atomic E-state index is -1.14. The molecule has 11 heavy (non-hydrogen) atoms. The molecule has 4 N–H and O–H groups in total. The Labute approximate surface area is 62.1 Å². The minimum Gasteiger partial charge on any atom is -0.493 e. The van der Waals surface area contributed by atoms with E-state index in [9.17, 15) is 4.79 Å². The highest BCUT2D eigenvalue weighted by Gasteiger charge is 2.05. The Balaban J connectivity index is 3.19. The van der Waals surface area contributed by atoms with Crippen LogP contribution in [0.25, 0.3) is 0 Å². The molecule has 0 atom stereocenters. The van der Waals surface area contributed by atoms with Gasteiger partial charge in [-0.3, -0.25) is 0 Å². The number of nitrogens with zero attached hydrogens (tertiary/aromatic N) is 1. The number of hydrogen-bond donors (Lipinski definition) is 3. The van der Waals surface area contributed by atoms with E-state index in [1.807, 2.05) is 0 Å². The summed E-state index contributed by atoms with van der Waals surface area (Å²) in [6, 6.07) is 2.20. The van der Waals surface area contributed by atoms with Gasteiger partial charge in [-0.2, -0.15) is 4.98 Å². The fourth-order valence-corrected chi connectivity index (χ4v) is 0.660. The molecule has 0 fully saturated rings. The van der Waals surface area contributed by atoms with Crippen molar-refractivity contribution in [3.05, 3.63) is 17.7 Å². The molecule has 0 saturated carbocycles. The molecule has 0 spiro atoms. The molecule has 0 aliphatic carbocycles. The van der Waals surface area contributed by atoms with E-state index in [1.165, 1.54) is 6.07 Å². The molecular weight excluding hydrogens is 148 g/mol. The average molecular weight is 154 g/mol. The van der Waals surface area contributed by atoms with Crippen LogP contribution in [0.4, 0.5) is 5.82 Å². The van der Waals surface area contributed by atoms with E-state index in [0.717, 1.165) is 6.07 Å². The number of nitrogen functional groups attached to an aromatic ring is 1. The van der Waals surface area contributed by atoms with Crippen LogP contribution in [0.2, 0.25) is 0 Å². The molecular formula is C6H6N2O3. The van der Waals surface area contributed by atoms with Crippen molar-refractivity contribution in [2.75, 3.05) is 5.73 Å². The lowest BCUT2D eigenvalue weighted by atomic mass is 10.2. The predicted octanol–water partition coefficient (Wildman–Crippen LogP) is 0.0676. The Morgan fingerprint density at radius 1 is 1.55 bits per heavy atom. The number of anilines is 1. The maximum atomic E-state index is 10.3. The molecule has 5 nitrogen and oxygen atoms in total. The van der Waals surface area contributed by atoms with Gasteiger partial charge in [0.1, 0.15) is 5.82 Å². The molecule has 1 heterocycles. The standard InChI is InChI=1S/C6H6N2O3/c7-4-1-3(6(10)11)2-5(9)8-4/h1-2H,(H,10,11)(H3,7,8,9). The summed E-state index contributed by atoms with van der Waals surface area (Å²) in [5.74, 6) is -1.54. The zero-order chi connectivity index (χ0) is 8.43. The first-order chi connectivity index (χ1) is 5.09. The van der Waals surface area contributed by atoms with Gasteiger partial charge >= 0.3 is 5.97 Å². The fraction of sp³-hybridized carbons (Fsp3) is 0. The van der Waals surface area contributed by atoms with Crippen molar-refractivity contribution in [2.24, 2.45) is 0 Å². The summed E-state index contributed by atoms with van der Waals surface area (Å²) in [4.78, 5) is 13.7. The predicted molar refractivity (Wildman–Crippen MR) is 37.3 cm³/mol. The molecule has 0 saturated heterocycles. The van der Waals surface area contributed by atoms with Crippen LogP contribution >= 0.6 is 0 Å². The maximum Gasteiger partial charge on any atom is 0.336 e. The van der Waals surface area contributed by atoms with Crippen molar-refractivity contribution in [3.8, 4) is 5.88 Å². The number of aromatic hydroxyl groups is 1. The molecule has 0 bridgehead atoms. The topological polar surface area (TPSA) is 96.4 Å². The second kappa shape index (κ2) is 2.45. The van der Waals surface area contributed by atoms with Crippen LogP contribution in [0.15, 0.2) is 12.1 Å². The second-order valence-corrected chi connectivity index (χ2v) is 1.94. The Morgan fingerprint density at radius 2 is 2.18 bits per heavy atom. The van der Waals surface area contributed by atoms with Crippen LogP contribution < -0.4 is 5.73 Å². The third-order valence-corrected chi connectivity index (χ3v) is 1.08. The molecule has 1 aromatic rings. The van der Waals surface area contributed by atoms with E-state index in [-0.39, 0.29) is 17.3 Å². The zero-order valence-electron chi connectivity index (χ0n) is 5.48. The lowest BCUT2D eigenvalue weighted by molar-refractivity contribution is 0.0696. The molecule has 0 radical (unpaired) electrons. The van der Waals surface area contributed by atoms with Crippen molar-refractivity contribution in [1.29, 1.82) is 0 Å². The van der Waals surface area contributed by atoms with Crippen LogP contribution in [0.1, 0.15) is 10.4 Å². The van der Waals surface area contributed by atoms with Crippen molar-refractivity contribution in [1.82, 2.24) is 4.98 Å². The van der Waals surface area contributed by atoms with E-state index in [1.54, 1.807) is 0 Å². The number of hydrogen-bond acceptors (Lipinski definition) is 4. The summed E-state index contributed by atoms with van der Waals surface area (Å²) < 4.78 is 0. The first-order valence-corrected chi connectivity index (χ1v) is 2.79. The zero-order valence-corrected chi connectivity index (χ0v) is 5.48. The lowest BCUT2D eigenvalue weighted by Crippen LogP contribution is -1.99. The van der Waals surface area contributed by atoms with Crippen LogP contribution in [0.5, 0.6) is 5.88 Å². The third-order valence-electron chi connectivity index (χ3n) is 1.08. The van der Waals surface area contributed by atoms with Crippen molar-refractivity contribution in [3.63, 3.8) is 0 Å². The smallest absolute Gasteiger partial charge is 0.336 e. The molecule has 0 amide bonds. The first kappa shape index (κ1) is 7.33. The van der Waals surface area contributed by atoms with E-state index in [4.69, 9.17) is 15.9 Å². The van der Waals surface area contributed by atoms with Gasteiger partial charge in [0.25, 0.3) is 0 Å². The second-order valence-electron chi connectivity index (χ2n) is 1.94. The minimum absolute atomic E-state index is 0.0117. The number of carboxylic acids is 1. The molecule has 58 valence electrons. The quantitative estimate of drug-likeness (QED) is 0.531. The van der Waals surface area contributed by atoms with Gasteiger partial charge in [-0.05, 0) is 6.07 Å². The summed E-state index contributed by atoms with van der Waals surface area (Å²) in [6.45, 7) is 0. The first-order valence-electron chi connectivity index (χ1n) is 2.79. The van der Waals surface area contributed by atoms with Crippen LogP contribution in [0, 0.1) is 0 Å². The van der Waals surface area contributed by atoms with Crippen molar-refractivity contribution >= 4 is 11.8 Å². The highest BCUT2D eigenvalue weighted by Crippen LogP contribution is 2.11. The Bertz CT molecular complexity index is 278. The summed E-state index contributed by atoms with van der Waals surface area (Å²) in [5, 5.41) is 17.2. The van der Waals surface area contributed by atoms with Gasteiger partial charge in [0.2, 0.25) is 5.88 Å².